The third-order valence-corrected chi connectivity index (χ3v) is 5.34. The molecule has 1 saturated heterocycles. The molecule has 0 saturated carbocycles. The van der Waals surface area contributed by atoms with Gasteiger partial charge in [-0.15, -0.1) is 24.2 Å². The largest absolute Gasteiger partial charge is 0.349 e. The zero-order chi connectivity index (χ0) is 13.9. The Morgan fingerprint density at radius 1 is 1.43 bits per heavy atom. The van der Waals surface area contributed by atoms with Crippen molar-refractivity contribution in [3.05, 3.63) is 28.8 Å². The van der Waals surface area contributed by atoms with E-state index in [0.717, 1.165) is 36.7 Å². The molecule has 0 radical (unpaired) electrons. The predicted octanol–water partition coefficient (Wildman–Crippen LogP) is 3.41. The van der Waals surface area contributed by atoms with Gasteiger partial charge < -0.3 is 10.6 Å². The second-order valence-corrected chi connectivity index (χ2v) is 7.08. The van der Waals surface area contributed by atoms with Crippen molar-refractivity contribution in [1.29, 1.82) is 0 Å². The summed E-state index contributed by atoms with van der Waals surface area (Å²) in [6.07, 6.45) is 2.72. The van der Waals surface area contributed by atoms with Crippen LogP contribution >= 0.6 is 35.8 Å². The van der Waals surface area contributed by atoms with Crippen molar-refractivity contribution >= 4 is 41.7 Å². The van der Waals surface area contributed by atoms with Gasteiger partial charge in [0, 0.05) is 22.1 Å². The monoisotopic (exact) mass is 346 g/mol. The number of hydrogen-bond donors (Lipinski definition) is 2. The molecule has 0 spiro atoms. The molecule has 1 aromatic rings. The summed E-state index contributed by atoms with van der Waals surface area (Å²) < 4.78 is 0. The van der Waals surface area contributed by atoms with E-state index in [1.165, 1.54) is 10.5 Å². The van der Waals surface area contributed by atoms with Gasteiger partial charge in [0.25, 0.3) is 0 Å². The van der Waals surface area contributed by atoms with E-state index in [0.29, 0.717) is 12.3 Å². The Morgan fingerprint density at radius 3 is 3.05 bits per heavy atom. The van der Waals surface area contributed by atoms with Crippen molar-refractivity contribution in [2.45, 2.75) is 30.2 Å². The Bertz CT molecular complexity index is 506. The molecule has 2 atom stereocenters. The van der Waals surface area contributed by atoms with Crippen LogP contribution in [0.5, 0.6) is 0 Å². The molecule has 1 fully saturated rings. The van der Waals surface area contributed by atoms with Crippen LogP contribution in [0.15, 0.2) is 23.1 Å². The first-order valence-corrected chi connectivity index (χ1v) is 8.51. The highest BCUT2D eigenvalue weighted by atomic mass is 35.5. The number of benzene rings is 1. The Kier molecular flexibility index (Phi) is 6.23. The van der Waals surface area contributed by atoms with E-state index in [1.54, 1.807) is 0 Å². The Morgan fingerprint density at radius 2 is 2.29 bits per heavy atom. The van der Waals surface area contributed by atoms with Gasteiger partial charge in [-0.2, -0.15) is 0 Å². The molecule has 2 aliphatic rings. The van der Waals surface area contributed by atoms with Crippen LogP contribution in [0.4, 0.5) is 0 Å². The number of amides is 1. The lowest BCUT2D eigenvalue weighted by molar-refractivity contribution is -0.122. The molecule has 2 aliphatic heterocycles. The van der Waals surface area contributed by atoms with E-state index in [9.17, 15) is 4.79 Å². The average molecular weight is 347 g/mol. The number of rotatable bonds is 3. The molecule has 2 N–H and O–H groups in total. The smallest absolute Gasteiger partial charge is 0.220 e. The summed E-state index contributed by atoms with van der Waals surface area (Å²) in [5.74, 6) is 1.71. The van der Waals surface area contributed by atoms with E-state index in [1.807, 2.05) is 23.9 Å². The summed E-state index contributed by atoms with van der Waals surface area (Å²) >= 11 is 7.93. The van der Waals surface area contributed by atoms with Gasteiger partial charge in [0.2, 0.25) is 5.91 Å². The molecule has 0 aromatic heterocycles. The second kappa shape index (κ2) is 7.73. The lowest BCUT2D eigenvalue weighted by Gasteiger charge is -2.26. The standard InChI is InChI=1S/C15H19ClN2OS.ClH/c16-11-1-2-14-12(8-11)13(4-6-20-14)18-15(19)7-10-3-5-17-9-10;/h1-2,8,10,13,17H,3-7,9H2,(H,18,19);1H. The van der Waals surface area contributed by atoms with Crippen LogP contribution in [-0.4, -0.2) is 24.7 Å². The highest BCUT2D eigenvalue weighted by Gasteiger charge is 2.24. The van der Waals surface area contributed by atoms with E-state index >= 15 is 0 Å². The van der Waals surface area contributed by atoms with Gasteiger partial charge in [-0.1, -0.05) is 11.6 Å². The predicted molar refractivity (Wildman–Crippen MR) is 90.5 cm³/mol. The Hall–Kier alpha value is -0.420. The minimum Gasteiger partial charge on any atom is -0.349 e. The third-order valence-electron chi connectivity index (χ3n) is 3.98. The molecular weight excluding hydrogens is 327 g/mol. The number of carbonyl (C=O) groups is 1. The molecule has 116 valence electrons. The number of halogens is 2. The van der Waals surface area contributed by atoms with Crippen LogP contribution < -0.4 is 10.6 Å². The van der Waals surface area contributed by atoms with Crippen LogP contribution in [0, 0.1) is 5.92 Å². The highest BCUT2D eigenvalue weighted by Crippen LogP contribution is 2.37. The van der Waals surface area contributed by atoms with Crippen molar-refractivity contribution in [3.8, 4) is 0 Å². The minimum atomic E-state index is 0. The van der Waals surface area contributed by atoms with Gasteiger partial charge in [-0.3, -0.25) is 4.79 Å². The fraction of sp³-hybridized carbons (Fsp3) is 0.533. The first-order chi connectivity index (χ1) is 9.72. The quantitative estimate of drug-likeness (QED) is 0.880. The van der Waals surface area contributed by atoms with E-state index in [4.69, 9.17) is 11.6 Å². The van der Waals surface area contributed by atoms with Gasteiger partial charge in [0.05, 0.1) is 6.04 Å². The highest BCUT2D eigenvalue weighted by molar-refractivity contribution is 7.99. The summed E-state index contributed by atoms with van der Waals surface area (Å²) in [4.78, 5) is 13.4. The topological polar surface area (TPSA) is 41.1 Å². The van der Waals surface area contributed by atoms with Crippen molar-refractivity contribution < 1.29 is 4.79 Å². The van der Waals surface area contributed by atoms with Crippen molar-refractivity contribution in [1.82, 2.24) is 10.6 Å². The maximum atomic E-state index is 12.2. The van der Waals surface area contributed by atoms with Gasteiger partial charge in [-0.25, -0.2) is 0 Å². The number of carbonyl (C=O) groups excluding carboxylic acids is 1. The maximum absolute atomic E-state index is 12.2. The fourth-order valence-corrected chi connectivity index (χ4v) is 4.21. The Labute approximate surface area is 141 Å². The summed E-state index contributed by atoms with van der Waals surface area (Å²) in [6.45, 7) is 2.01. The summed E-state index contributed by atoms with van der Waals surface area (Å²) in [5.41, 5.74) is 1.17. The van der Waals surface area contributed by atoms with Gasteiger partial charge in [-0.05, 0) is 55.6 Å². The van der Waals surface area contributed by atoms with Crippen LogP contribution in [0.1, 0.15) is 30.9 Å². The molecule has 1 aromatic carbocycles. The maximum Gasteiger partial charge on any atom is 0.220 e. The molecule has 21 heavy (non-hydrogen) atoms. The van der Waals surface area contributed by atoms with E-state index in [-0.39, 0.29) is 24.4 Å². The van der Waals surface area contributed by atoms with Gasteiger partial charge in [0.1, 0.15) is 0 Å². The normalized spacial score (nSPS) is 24.0. The summed E-state index contributed by atoms with van der Waals surface area (Å²) in [7, 11) is 0. The third kappa shape index (κ3) is 4.28. The molecule has 0 bridgehead atoms. The molecule has 0 aliphatic carbocycles. The molecule has 2 unspecified atom stereocenters. The van der Waals surface area contributed by atoms with Crippen LogP contribution in [0.2, 0.25) is 5.02 Å². The van der Waals surface area contributed by atoms with E-state index in [2.05, 4.69) is 16.7 Å². The number of nitrogens with one attached hydrogen (secondary N) is 2. The van der Waals surface area contributed by atoms with Crippen LogP contribution in [0.25, 0.3) is 0 Å². The first-order valence-electron chi connectivity index (χ1n) is 7.14. The molecule has 3 nitrogen and oxygen atoms in total. The van der Waals surface area contributed by atoms with Crippen LogP contribution in [-0.2, 0) is 4.79 Å². The minimum absolute atomic E-state index is 0. The number of thioether (sulfide) groups is 1. The van der Waals surface area contributed by atoms with Gasteiger partial charge >= 0.3 is 0 Å². The lowest BCUT2D eigenvalue weighted by atomic mass is 10.0. The number of fused-ring (bicyclic) bond motifs is 1. The van der Waals surface area contributed by atoms with E-state index < -0.39 is 0 Å². The molecule has 1 amide bonds. The molecule has 6 heteroatoms. The zero-order valence-electron chi connectivity index (χ0n) is 11.7. The average Bonchev–Trinajstić information content (AvgIpc) is 2.92. The Balaban J connectivity index is 0.00000161. The van der Waals surface area contributed by atoms with Crippen molar-refractivity contribution in [2.24, 2.45) is 5.92 Å². The van der Waals surface area contributed by atoms with Crippen molar-refractivity contribution in [3.63, 3.8) is 0 Å². The SMILES string of the molecule is Cl.O=C(CC1CCNC1)NC1CCSc2ccc(Cl)cc21. The zero-order valence-corrected chi connectivity index (χ0v) is 14.1. The lowest BCUT2D eigenvalue weighted by Crippen LogP contribution is -2.32. The van der Waals surface area contributed by atoms with Crippen LogP contribution in [0.3, 0.4) is 0 Å². The molecule has 2 heterocycles. The van der Waals surface area contributed by atoms with Gasteiger partial charge in [0.15, 0.2) is 0 Å². The summed E-state index contributed by atoms with van der Waals surface area (Å²) in [5, 5.41) is 7.24. The number of hydrogen-bond acceptors (Lipinski definition) is 3. The fourth-order valence-electron chi connectivity index (χ4n) is 2.92. The van der Waals surface area contributed by atoms with Crippen molar-refractivity contribution in [2.75, 3.05) is 18.8 Å². The second-order valence-electron chi connectivity index (χ2n) is 5.50. The molecule has 3 rings (SSSR count). The summed E-state index contributed by atoms with van der Waals surface area (Å²) in [6, 6.07) is 6.08. The first kappa shape index (κ1) is 16.9. The molecular formula is C15H20Cl2N2OS.